The molecule has 1 unspecified atom stereocenters. The molecule has 0 saturated carbocycles. The predicted molar refractivity (Wildman–Crippen MR) is 58.5 cm³/mol. The van der Waals surface area contributed by atoms with Crippen molar-refractivity contribution in [2.24, 2.45) is 0 Å². The lowest BCUT2D eigenvalue weighted by Crippen LogP contribution is -2.04. The van der Waals surface area contributed by atoms with E-state index >= 15 is 0 Å². The van der Waals surface area contributed by atoms with Crippen molar-refractivity contribution in [3.8, 4) is 11.4 Å². The van der Waals surface area contributed by atoms with Crippen molar-refractivity contribution in [1.29, 1.82) is 0 Å². The maximum Gasteiger partial charge on any atom is 0.111 e. The quantitative estimate of drug-likeness (QED) is 0.713. The molecule has 0 aromatic carbocycles. The first-order valence-corrected chi connectivity index (χ1v) is 5.14. The van der Waals surface area contributed by atoms with Crippen LogP contribution >= 0.6 is 0 Å². The molecule has 0 radical (unpaired) electrons. The summed E-state index contributed by atoms with van der Waals surface area (Å²) < 4.78 is 0. The van der Waals surface area contributed by atoms with Gasteiger partial charge in [-0.05, 0) is 18.6 Å². The van der Waals surface area contributed by atoms with Crippen LogP contribution in [0.15, 0.2) is 24.5 Å². The molecule has 2 aromatic heterocycles. The van der Waals surface area contributed by atoms with Gasteiger partial charge in [0.05, 0.1) is 24.2 Å². The zero-order valence-electron chi connectivity index (χ0n) is 8.70. The van der Waals surface area contributed by atoms with Gasteiger partial charge in [0.25, 0.3) is 0 Å². The zero-order valence-corrected chi connectivity index (χ0v) is 8.70. The van der Waals surface area contributed by atoms with Crippen molar-refractivity contribution in [2.75, 3.05) is 6.61 Å². The largest absolute Gasteiger partial charge is 0.396 e. The number of hydrogen-bond donors (Lipinski definition) is 3. The fourth-order valence-corrected chi connectivity index (χ4v) is 1.59. The number of H-pyrrole nitrogens is 2. The highest BCUT2D eigenvalue weighted by Gasteiger charge is 2.12. The summed E-state index contributed by atoms with van der Waals surface area (Å²) in [5, 5.41) is 9.15. The first kappa shape index (κ1) is 9.98. The number of nitrogens with one attached hydrogen (secondary N) is 2. The van der Waals surface area contributed by atoms with Crippen molar-refractivity contribution in [2.45, 2.75) is 19.3 Å². The molecular weight excluding hydrogens is 190 g/mol. The number of hydrogen-bond acceptors (Lipinski definition) is 2. The van der Waals surface area contributed by atoms with Gasteiger partial charge >= 0.3 is 0 Å². The van der Waals surface area contributed by atoms with Gasteiger partial charge in [-0.25, -0.2) is 4.98 Å². The third-order valence-corrected chi connectivity index (χ3v) is 2.58. The summed E-state index contributed by atoms with van der Waals surface area (Å²) in [6.45, 7) is 2.17. The molecule has 0 aliphatic heterocycles. The van der Waals surface area contributed by atoms with Crippen molar-refractivity contribution >= 4 is 0 Å². The second kappa shape index (κ2) is 4.31. The van der Waals surface area contributed by atoms with E-state index in [1.54, 1.807) is 6.20 Å². The van der Waals surface area contributed by atoms with E-state index in [2.05, 4.69) is 15.0 Å². The van der Waals surface area contributed by atoms with E-state index in [9.17, 15) is 0 Å². The van der Waals surface area contributed by atoms with E-state index in [0.717, 1.165) is 23.6 Å². The topological polar surface area (TPSA) is 64.7 Å². The van der Waals surface area contributed by atoms with Crippen LogP contribution in [0.5, 0.6) is 0 Å². The van der Waals surface area contributed by atoms with Crippen LogP contribution in [0.25, 0.3) is 11.4 Å². The summed E-state index contributed by atoms with van der Waals surface area (Å²) in [5.41, 5.74) is 1.98. The maximum atomic E-state index is 9.15. The van der Waals surface area contributed by atoms with E-state index in [-0.39, 0.29) is 12.5 Å². The van der Waals surface area contributed by atoms with Crippen molar-refractivity contribution < 1.29 is 5.11 Å². The molecule has 80 valence electrons. The molecule has 0 amide bonds. The van der Waals surface area contributed by atoms with Gasteiger partial charge in [-0.1, -0.05) is 6.92 Å². The molecule has 2 rings (SSSR count). The molecular formula is C11H15N3O. The Morgan fingerprint density at radius 3 is 2.93 bits per heavy atom. The summed E-state index contributed by atoms with van der Waals surface area (Å²) in [7, 11) is 0. The van der Waals surface area contributed by atoms with Crippen molar-refractivity contribution in [3.63, 3.8) is 0 Å². The first-order chi connectivity index (χ1) is 7.35. The number of imidazole rings is 1. The molecule has 0 aliphatic carbocycles. The number of aromatic amines is 2. The highest BCUT2D eigenvalue weighted by molar-refractivity contribution is 5.53. The molecule has 0 spiro atoms. The summed E-state index contributed by atoms with van der Waals surface area (Å²) in [6, 6.07) is 3.93. The van der Waals surface area contributed by atoms with E-state index in [1.165, 1.54) is 0 Å². The van der Waals surface area contributed by atoms with Crippen LogP contribution in [0.4, 0.5) is 0 Å². The van der Waals surface area contributed by atoms with E-state index in [0.29, 0.717) is 0 Å². The standard InChI is InChI=1S/C11H15N3O/c1-2-8(7-15)11-13-6-10(14-11)9-4-3-5-12-9/h3-6,8,12,15H,2,7H2,1H3,(H,13,14). The van der Waals surface area contributed by atoms with Crippen LogP contribution in [0.2, 0.25) is 0 Å². The first-order valence-electron chi connectivity index (χ1n) is 5.14. The highest BCUT2D eigenvalue weighted by atomic mass is 16.3. The van der Waals surface area contributed by atoms with Crippen LogP contribution in [0.1, 0.15) is 25.1 Å². The average Bonchev–Trinajstić information content (AvgIpc) is 2.89. The molecule has 4 heteroatoms. The summed E-state index contributed by atoms with van der Waals surface area (Å²) in [4.78, 5) is 10.6. The van der Waals surface area contributed by atoms with Gasteiger partial charge in [-0.2, -0.15) is 0 Å². The average molecular weight is 205 g/mol. The van der Waals surface area contributed by atoms with Crippen LogP contribution in [0, 0.1) is 0 Å². The zero-order chi connectivity index (χ0) is 10.7. The molecule has 15 heavy (non-hydrogen) atoms. The van der Waals surface area contributed by atoms with Gasteiger partial charge in [0.15, 0.2) is 0 Å². The Labute approximate surface area is 88.4 Å². The van der Waals surface area contributed by atoms with Crippen LogP contribution in [-0.2, 0) is 0 Å². The van der Waals surface area contributed by atoms with Crippen molar-refractivity contribution in [3.05, 3.63) is 30.4 Å². The molecule has 0 bridgehead atoms. The lowest BCUT2D eigenvalue weighted by molar-refractivity contribution is 0.258. The summed E-state index contributed by atoms with van der Waals surface area (Å²) in [5.74, 6) is 0.957. The Morgan fingerprint density at radius 2 is 2.33 bits per heavy atom. The normalized spacial score (nSPS) is 12.9. The number of rotatable bonds is 4. The van der Waals surface area contributed by atoms with Crippen LogP contribution in [0.3, 0.4) is 0 Å². The third kappa shape index (κ3) is 1.94. The lowest BCUT2D eigenvalue weighted by atomic mass is 10.1. The molecule has 0 aliphatic rings. The summed E-state index contributed by atoms with van der Waals surface area (Å²) in [6.07, 6.45) is 4.55. The van der Waals surface area contributed by atoms with Crippen LogP contribution in [-0.4, -0.2) is 26.7 Å². The smallest absolute Gasteiger partial charge is 0.111 e. The Bertz CT molecular complexity index is 401. The molecule has 2 aromatic rings. The fourth-order valence-electron chi connectivity index (χ4n) is 1.59. The van der Waals surface area contributed by atoms with Gasteiger partial charge in [-0.15, -0.1) is 0 Å². The minimum absolute atomic E-state index is 0.105. The Hall–Kier alpha value is -1.55. The molecule has 1 atom stereocenters. The van der Waals surface area contributed by atoms with E-state index in [4.69, 9.17) is 5.11 Å². The molecule has 2 heterocycles. The maximum absolute atomic E-state index is 9.15. The minimum Gasteiger partial charge on any atom is -0.396 e. The third-order valence-electron chi connectivity index (χ3n) is 2.58. The van der Waals surface area contributed by atoms with Gasteiger partial charge in [-0.3, -0.25) is 0 Å². The minimum atomic E-state index is 0.105. The second-order valence-electron chi connectivity index (χ2n) is 3.55. The molecule has 3 N–H and O–H groups in total. The number of aliphatic hydroxyl groups is 1. The predicted octanol–water partition coefficient (Wildman–Crippen LogP) is 1.89. The molecule has 4 nitrogen and oxygen atoms in total. The van der Waals surface area contributed by atoms with Crippen LogP contribution < -0.4 is 0 Å². The monoisotopic (exact) mass is 205 g/mol. The Morgan fingerprint density at radius 1 is 1.47 bits per heavy atom. The SMILES string of the molecule is CCC(CO)c1ncc(-c2ccc[nH]2)[nH]1. The Kier molecular flexibility index (Phi) is 2.87. The lowest BCUT2D eigenvalue weighted by Gasteiger charge is -2.06. The number of aliphatic hydroxyl groups excluding tert-OH is 1. The molecule has 0 saturated heterocycles. The summed E-state index contributed by atoms with van der Waals surface area (Å²) >= 11 is 0. The fraction of sp³-hybridized carbons (Fsp3) is 0.364. The van der Waals surface area contributed by atoms with Gasteiger partial charge in [0, 0.05) is 12.1 Å². The molecule has 0 fully saturated rings. The number of aromatic nitrogens is 3. The van der Waals surface area contributed by atoms with Gasteiger partial charge < -0.3 is 15.1 Å². The van der Waals surface area contributed by atoms with E-state index < -0.39 is 0 Å². The second-order valence-corrected chi connectivity index (χ2v) is 3.55. The van der Waals surface area contributed by atoms with E-state index in [1.807, 2.05) is 25.3 Å². The van der Waals surface area contributed by atoms with Gasteiger partial charge in [0.2, 0.25) is 0 Å². The van der Waals surface area contributed by atoms with Gasteiger partial charge in [0.1, 0.15) is 5.82 Å². The number of nitrogens with zero attached hydrogens (tertiary/aromatic N) is 1. The Balaban J connectivity index is 2.24. The van der Waals surface area contributed by atoms with Crippen molar-refractivity contribution in [1.82, 2.24) is 15.0 Å². The highest BCUT2D eigenvalue weighted by Crippen LogP contribution is 2.20.